The molecule has 5 nitrogen and oxygen atoms in total. The lowest BCUT2D eigenvalue weighted by Gasteiger charge is -2.50. The minimum Gasteiger partial charge on any atom is -0.385 e. The number of methoxy groups -OCH3 is 1. The summed E-state index contributed by atoms with van der Waals surface area (Å²) in [5, 5.41) is 2.89. The van der Waals surface area contributed by atoms with Crippen molar-refractivity contribution in [1.29, 1.82) is 0 Å². The van der Waals surface area contributed by atoms with Crippen molar-refractivity contribution in [2.75, 3.05) is 20.3 Å². The summed E-state index contributed by atoms with van der Waals surface area (Å²) >= 11 is 0. The molecule has 0 aromatic carbocycles. The topological polar surface area (TPSA) is 58.6 Å². The molecule has 1 aliphatic rings. The van der Waals surface area contributed by atoms with E-state index in [-0.39, 0.29) is 11.8 Å². The summed E-state index contributed by atoms with van der Waals surface area (Å²) in [5.41, 5.74) is -1.53. The van der Waals surface area contributed by atoms with Gasteiger partial charge in [0.15, 0.2) is 0 Å². The molecule has 110 valence electrons. The first-order chi connectivity index (χ1) is 8.85. The van der Waals surface area contributed by atoms with Crippen LogP contribution in [0.15, 0.2) is 0 Å². The lowest BCUT2D eigenvalue weighted by Crippen LogP contribution is -2.73. The Bertz CT molecular complexity index is 359. The average Bonchev–Trinajstić information content (AvgIpc) is 2.40. The fourth-order valence-corrected chi connectivity index (χ4v) is 2.39. The molecule has 1 N–H and O–H groups in total. The van der Waals surface area contributed by atoms with Gasteiger partial charge in [0, 0.05) is 20.3 Å². The third-order valence-corrected chi connectivity index (χ3v) is 4.32. The molecule has 2 atom stereocenters. The van der Waals surface area contributed by atoms with Crippen molar-refractivity contribution in [3.63, 3.8) is 0 Å². The van der Waals surface area contributed by atoms with Gasteiger partial charge < -0.3 is 15.0 Å². The summed E-state index contributed by atoms with van der Waals surface area (Å²) in [4.78, 5) is 26.8. The van der Waals surface area contributed by atoms with Gasteiger partial charge in [0.25, 0.3) is 0 Å². The number of hydrogen-bond donors (Lipinski definition) is 1. The van der Waals surface area contributed by atoms with Crippen molar-refractivity contribution in [3.05, 3.63) is 0 Å². The molecule has 19 heavy (non-hydrogen) atoms. The molecule has 0 aromatic heterocycles. The Balaban J connectivity index is 3.01. The van der Waals surface area contributed by atoms with E-state index in [1.807, 2.05) is 20.8 Å². The highest BCUT2D eigenvalue weighted by molar-refractivity contribution is 6.01. The van der Waals surface area contributed by atoms with Gasteiger partial charge in [-0.05, 0) is 33.1 Å². The van der Waals surface area contributed by atoms with Gasteiger partial charge in [-0.25, -0.2) is 0 Å². The Kier molecular flexibility index (Phi) is 4.96. The highest BCUT2D eigenvalue weighted by atomic mass is 16.5. The van der Waals surface area contributed by atoms with E-state index < -0.39 is 11.1 Å². The third kappa shape index (κ3) is 2.76. The summed E-state index contributed by atoms with van der Waals surface area (Å²) in [6.45, 7) is 8.63. The molecular formula is C14H26N2O3. The largest absolute Gasteiger partial charge is 0.385 e. The van der Waals surface area contributed by atoms with E-state index in [1.54, 1.807) is 18.9 Å². The van der Waals surface area contributed by atoms with E-state index in [2.05, 4.69) is 5.32 Å². The van der Waals surface area contributed by atoms with Gasteiger partial charge in [-0.3, -0.25) is 9.59 Å². The quantitative estimate of drug-likeness (QED) is 0.741. The number of nitrogens with one attached hydrogen (secondary N) is 1. The Hall–Kier alpha value is -1.10. The molecule has 0 aromatic rings. The van der Waals surface area contributed by atoms with E-state index in [9.17, 15) is 9.59 Å². The summed E-state index contributed by atoms with van der Waals surface area (Å²) < 4.78 is 5.04. The summed E-state index contributed by atoms with van der Waals surface area (Å²) in [6.07, 6.45) is 1.94. The maximum atomic E-state index is 12.7. The number of nitrogens with zero attached hydrogens (tertiary/aromatic N) is 1. The molecule has 0 saturated carbocycles. The molecule has 0 bridgehead atoms. The van der Waals surface area contributed by atoms with Crippen LogP contribution in [0.25, 0.3) is 0 Å². The number of rotatable bonds is 6. The minimum absolute atomic E-state index is 0.00931. The number of ether oxygens (including phenoxy) is 1. The predicted molar refractivity (Wildman–Crippen MR) is 73.7 cm³/mol. The molecule has 0 spiro atoms. The number of carbonyl (C=O) groups is 2. The number of piperazine rings is 1. The predicted octanol–water partition coefficient (Wildman–Crippen LogP) is 1.32. The smallest absolute Gasteiger partial charge is 0.248 e. The van der Waals surface area contributed by atoms with E-state index in [4.69, 9.17) is 4.74 Å². The molecule has 2 amide bonds. The van der Waals surface area contributed by atoms with Crippen LogP contribution in [-0.4, -0.2) is 48.1 Å². The van der Waals surface area contributed by atoms with Crippen molar-refractivity contribution in [2.45, 2.75) is 58.0 Å². The summed E-state index contributed by atoms with van der Waals surface area (Å²) in [5.74, 6) is -0.0496. The molecule has 1 rings (SSSR count). The van der Waals surface area contributed by atoms with Gasteiger partial charge in [-0.15, -0.1) is 0 Å². The molecule has 1 heterocycles. The summed E-state index contributed by atoms with van der Waals surface area (Å²) in [6, 6.07) is 0. The first-order valence-electron chi connectivity index (χ1n) is 6.99. The minimum atomic E-state index is -0.779. The van der Waals surface area contributed by atoms with Crippen LogP contribution in [0.2, 0.25) is 0 Å². The maximum Gasteiger partial charge on any atom is 0.248 e. The van der Waals surface area contributed by atoms with E-state index in [1.165, 1.54) is 0 Å². The van der Waals surface area contributed by atoms with Crippen molar-refractivity contribution in [2.24, 2.45) is 0 Å². The van der Waals surface area contributed by atoms with Gasteiger partial charge >= 0.3 is 0 Å². The second-order valence-electron chi connectivity index (χ2n) is 5.57. The number of hydrogen-bond acceptors (Lipinski definition) is 3. The second kappa shape index (κ2) is 5.90. The van der Waals surface area contributed by atoms with Gasteiger partial charge in [0.1, 0.15) is 11.1 Å². The van der Waals surface area contributed by atoms with Gasteiger partial charge in [-0.2, -0.15) is 0 Å². The lowest BCUT2D eigenvalue weighted by atomic mass is 9.84. The molecule has 1 aliphatic heterocycles. The molecule has 1 saturated heterocycles. The maximum absolute atomic E-state index is 12.7. The van der Waals surface area contributed by atoms with Crippen LogP contribution in [0.4, 0.5) is 0 Å². The molecule has 5 heteroatoms. The van der Waals surface area contributed by atoms with Crippen molar-refractivity contribution >= 4 is 11.8 Å². The first-order valence-corrected chi connectivity index (χ1v) is 6.99. The molecule has 0 aliphatic carbocycles. The molecule has 0 radical (unpaired) electrons. The SMILES string of the molecule is CCC1(C)NC(=O)C(C)(CC)N(CCCOC)C1=O. The van der Waals surface area contributed by atoms with E-state index >= 15 is 0 Å². The van der Waals surface area contributed by atoms with Crippen LogP contribution in [-0.2, 0) is 14.3 Å². The van der Waals surface area contributed by atoms with Crippen LogP contribution in [0.3, 0.4) is 0 Å². The molecular weight excluding hydrogens is 244 g/mol. The number of carbonyl (C=O) groups excluding carboxylic acids is 2. The van der Waals surface area contributed by atoms with Crippen LogP contribution in [0.1, 0.15) is 47.0 Å². The van der Waals surface area contributed by atoms with Crippen LogP contribution < -0.4 is 5.32 Å². The average molecular weight is 270 g/mol. The zero-order valence-electron chi connectivity index (χ0n) is 12.7. The zero-order chi connectivity index (χ0) is 14.7. The normalized spacial score (nSPS) is 31.5. The van der Waals surface area contributed by atoms with Crippen molar-refractivity contribution in [1.82, 2.24) is 10.2 Å². The fourth-order valence-electron chi connectivity index (χ4n) is 2.39. The van der Waals surface area contributed by atoms with Crippen LogP contribution >= 0.6 is 0 Å². The first kappa shape index (κ1) is 16.0. The van der Waals surface area contributed by atoms with Crippen LogP contribution in [0, 0.1) is 0 Å². The Morgan fingerprint density at radius 2 is 1.84 bits per heavy atom. The fraction of sp³-hybridized carbons (Fsp3) is 0.857. The summed E-state index contributed by atoms with van der Waals surface area (Å²) in [7, 11) is 1.64. The van der Waals surface area contributed by atoms with E-state index in [0.717, 1.165) is 6.42 Å². The lowest BCUT2D eigenvalue weighted by molar-refractivity contribution is -0.162. The monoisotopic (exact) mass is 270 g/mol. The van der Waals surface area contributed by atoms with Gasteiger partial charge in [-0.1, -0.05) is 13.8 Å². The van der Waals surface area contributed by atoms with E-state index in [0.29, 0.717) is 26.0 Å². The van der Waals surface area contributed by atoms with Gasteiger partial charge in [0.2, 0.25) is 11.8 Å². The Morgan fingerprint density at radius 1 is 1.21 bits per heavy atom. The standard InChI is InChI=1S/C14H26N2O3/c1-6-13(3)12(18)16(9-8-10-19-5)14(4,7-2)11(17)15-13/h6-10H2,1-5H3,(H,15,17). The van der Waals surface area contributed by atoms with Crippen molar-refractivity contribution < 1.29 is 14.3 Å². The Labute approximate surface area is 115 Å². The Morgan fingerprint density at radius 3 is 2.32 bits per heavy atom. The third-order valence-electron chi connectivity index (χ3n) is 4.32. The highest BCUT2D eigenvalue weighted by Crippen LogP contribution is 2.30. The second-order valence-corrected chi connectivity index (χ2v) is 5.57. The van der Waals surface area contributed by atoms with Crippen LogP contribution in [0.5, 0.6) is 0 Å². The highest BCUT2D eigenvalue weighted by Gasteiger charge is 2.52. The molecule has 1 fully saturated rings. The molecule has 2 unspecified atom stereocenters. The number of amides is 2. The van der Waals surface area contributed by atoms with Gasteiger partial charge in [0.05, 0.1) is 0 Å². The van der Waals surface area contributed by atoms with Crippen molar-refractivity contribution in [3.8, 4) is 0 Å². The zero-order valence-corrected chi connectivity index (χ0v) is 12.7.